The molecule has 2 aromatic heterocycles. The summed E-state index contributed by atoms with van der Waals surface area (Å²) in [6.45, 7) is 0.213. The molecule has 1 saturated carbocycles. The van der Waals surface area contributed by atoms with Crippen LogP contribution in [0.2, 0.25) is 0 Å². The number of fused-ring (bicyclic) bond motifs is 3. The van der Waals surface area contributed by atoms with Gasteiger partial charge in [-0.15, -0.1) is 0 Å². The number of aliphatic hydroxyl groups is 1. The molecule has 7 nitrogen and oxygen atoms in total. The first kappa shape index (κ1) is 17.1. The molecule has 138 valence electrons. The highest BCUT2D eigenvalue weighted by Gasteiger charge is 2.26. The maximum absolute atomic E-state index is 12.9. The monoisotopic (exact) mass is 357 g/mol. The van der Waals surface area contributed by atoms with Crippen LogP contribution in [0.5, 0.6) is 5.75 Å². The molecule has 1 aliphatic rings. The number of pyridine rings is 1. The van der Waals surface area contributed by atoms with E-state index in [2.05, 4.69) is 4.98 Å². The van der Waals surface area contributed by atoms with E-state index in [4.69, 9.17) is 14.9 Å². The van der Waals surface area contributed by atoms with Crippen molar-refractivity contribution >= 4 is 22.0 Å². The molecule has 3 aromatic rings. The van der Waals surface area contributed by atoms with Crippen LogP contribution in [0.3, 0.4) is 0 Å². The van der Waals surface area contributed by atoms with Gasteiger partial charge in [0, 0.05) is 17.5 Å². The van der Waals surface area contributed by atoms with Crippen LogP contribution in [0.1, 0.15) is 25.7 Å². The van der Waals surface area contributed by atoms with Gasteiger partial charge in [-0.25, -0.2) is 4.98 Å². The molecule has 1 aromatic carbocycles. The number of methoxy groups -OCH3 is 1. The fourth-order valence-electron chi connectivity index (χ4n) is 3.93. The molecule has 26 heavy (non-hydrogen) atoms. The van der Waals surface area contributed by atoms with Gasteiger partial charge >= 0.3 is 0 Å². The van der Waals surface area contributed by atoms with Crippen molar-refractivity contribution in [3.05, 3.63) is 34.9 Å². The lowest BCUT2D eigenvalue weighted by atomic mass is 9.83. The average molecular weight is 357 g/mol. The van der Waals surface area contributed by atoms with Crippen LogP contribution in [0, 0.1) is 5.92 Å². The molecule has 0 radical (unpaired) electrons. The van der Waals surface area contributed by atoms with Gasteiger partial charge in [-0.05, 0) is 43.7 Å². The van der Waals surface area contributed by atoms with E-state index in [9.17, 15) is 9.90 Å². The largest absolute Gasteiger partial charge is 0.497 e. The number of nitrogens with zero attached hydrogens (tertiary/aromatic N) is 2. The van der Waals surface area contributed by atoms with Crippen molar-refractivity contribution in [3.8, 4) is 5.75 Å². The molecule has 1 fully saturated rings. The van der Waals surface area contributed by atoms with E-state index in [-0.39, 0.29) is 29.6 Å². The van der Waals surface area contributed by atoms with Gasteiger partial charge in [0.25, 0.3) is 5.56 Å². The predicted molar refractivity (Wildman–Crippen MR) is 98.3 cm³/mol. The smallest absolute Gasteiger partial charge is 0.281 e. The van der Waals surface area contributed by atoms with E-state index < -0.39 is 6.10 Å². The standard InChI is InChI=1S/C19H23N3O4/c1-25-13-6-7-14-15(8-13)22(19(24)17-18(14)26-10-21-17)9-16(23)11-2-4-12(20)5-3-11/h6-8,10-12,16,23H,2-5,9,20H2,1H3. The van der Waals surface area contributed by atoms with Crippen LogP contribution in [0.15, 0.2) is 33.8 Å². The quantitative estimate of drug-likeness (QED) is 0.740. The minimum Gasteiger partial charge on any atom is -0.497 e. The van der Waals surface area contributed by atoms with Crippen molar-refractivity contribution in [2.45, 2.75) is 44.4 Å². The Morgan fingerprint density at radius 1 is 1.38 bits per heavy atom. The van der Waals surface area contributed by atoms with Crippen LogP contribution >= 0.6 is 0 Å². The zero-order valence-electron chi connectivity index (χ0n) is 14.7. The highest BCUT2D eigenvalue weighted by atomic mass is 16.5. The van der Waals surface area contributed by atoms with E-state index in [0.717, 1.165) is 31.1 Å². The molecule has 1 unspecified atom stereocenters. The number of nitrogens with two attached hydrogens (primary N) is 1. The minimum atomic E-state index is -0.612. The lowest BCUT2D eigenvalue weighted by molar-refractivity contribution is 0.0669. The maximum atomic E-state index is 12.9. The summed E-state index contributed by atoms with van der Waals surface area (Å²) in [6, 6.07) is 5.68. The molecule has 7 heteroatoms. The molecule has 0 spiro atoms. The fraction of sp³-hybridized carbons (Fsp3) is 0.474. The number of hydrogen-bond donors (Lipinski definition) is 2. The van der Waals surface area contributed by atoms with Crippen molar-refractivity contribution < 1.29 is 14.3 Å². The van der Waals surface area contributed by atoms with E-state index >= 15 is 0 Å². The first-order valence-corrected chi connectivity index (χ1v) is 8.96. The molecular formula is C19H23N3O4. The van der Waals surface area contributed by atoms with Crippen molar-refractivity contribution in [3.63, 3.8) is 0 Å². The summed E-state index contributed by atoms with van der Waals surface area (Å²) in [7, 11) is 1.58. The summed E-state index contributed by atoms with van der Waals surface area (Å²) in [5.74, 6) is 0.790. The molecule has 1 atom stereocenters. The Hall–Kier alpha value is -2.38. The lowest BCUT2D eigenvalue weighted by Gasteiger charge is -2.30. The predicted octanol–water partition coefficient (Wildman–Crippen LogP) is 2.03. The van der Waals surface area contributed by atoms with Gasteiger partial charge in [0.2, 0.25) is 0 Å². The zero-order chi connectivity index (χ0) is 18.3. The lowest BCUT2D eigenvalue weighted by Crippen LogP contribution is -2.36. The van der Waals surface area contributed by atoms with Crippen molar-refractivity contribution in [2.24, 2.45) is 11.7 Å². The van der Waals surface area contributed by atoms with E-state index in [1.165, 1.54) is 6.39 Å². The Morgan fingerprint density at radius 2 is 2.15 bits per heavy atom. The van der Waals surface area contributed by atoms with Gasteiger partial charge in [-0.1, -0.05) is 0 Å². The van der Waals surface area contributed by atoms with Crippen LogP contribution < -0.4 is 16.0 Å². The normalized spacial score (nSPS) is 22.0. The number of rotatable bonds is 4. The molecule has 0 amide bonds. The SMILES string of the molecule is COc1ccc2c3ocnc3c(=O)n(CC(O)C3CCC(N)CC3)c2c1. The Bertz CT molecular complexity index is 986. The second-order valence-corrected chi connectivity index (χ2v) is 7.07. The minimum absolute atomic E-state index is 0.148. The molecule has 2 heterocycles. The molecule has 0 saturated heterocycles. The Labute approximate surface area is 150 Å². The Kier molecular flexibility index (Phi) is 4.42. The fourth-order valence-corrected chi connectivity index (χ4v) is 3.93. The first-order valence-electron chi connectivity index (χ1n) is 8.96. The van der Waals surface area contributed by atoms with Gasteiger partial charge in [0.05, 0.1) is 25.3 Å². The second kappa shape index (κ2) is 6.74. The van der Waals surface area contributed by atoms with E-state index in [0.29, 0.717) is 16.8 Å². The van der Waals surface area contributed by atoms with Gasteiger partial charge in [-0.3, -0.25) is 4.79 Å². The first-order chi connectivity index (χ1) is 12.6. The third-order valence-electron chi connectivity index (χ3n) is 5.49. The second-order valence-electron chi connectivity index (χ2n) is 7.07. The van der Waals surface area contributed by atoms with Gasteiger partial charge in [0.1, 0.15) is 5.75 Å². The number of benzene rings is 1. The molecule has 4 rings (SSSR count). The molecule has 1 aliphatic carbocycles. The van der Waals surface area contributed by atoms with Gasteiger partial charge < -0.3 is 24.6 Å². The van der Waals surface area contributed by atoms with Crippen LogP contribution in [0.4, 0.5) is 0 Å². The summed E-state index contributed by atoms with van der Waals surface area (Å²) >= 11 is 0. The third kappa shape index (κ3) is 2.87. The average Bonchev–Trinajstić information content (AvgIpc) is 3.15. The molecule has 3 N–H and O–H groups in total. The summed E-state index contributed by atoms with van der Waals surface area (Å²) < 4.78 is 12.3. The Morgan fingerprint density at radius 3 is 2.88 bits per heavy atom. The molecule has 0 aliphatic heterocycles. The van der Waals surface area contributed by atoms with Crippen molar-refractivity contribution in [2.75, 3.05) is 7.11 Å². The number of hydrogen-bond acceptors (Lipinski definition) is 6. The summed E-state index contributed by atoms with van der Waals surface area (Å²) in [5.41, 5.74) is 7.11. The number of ether oxygens (including phenoxy) is 1. The van der Waals surface area contributed by atoms with Crippen molar-refractivity contribution in [1.82, 2.24) is 9.55 Å². The maximum Gasteiger partial charge on any atom is 0.281 e. The number of oxazole rings is 1. The third-order valence-corrected chi connectivity index (χ3v) is 5.49. The van der Waals surface area contributed by atoms with Gasteiger partial charge in [-0.2, -0.15) is 0 Å². The van der Waals surface area contributed by atoms with E-state index in [1.807, 2.05) is 12.1 Å². The Balaban J connectivity index is 1.79. The van der Waals surface area contributed by atoms with Crippen LogP contribution in [-0.2, 0) is 6.54 Å². The zero-order valence-corrected chi connectivity index (χ0v) is 14.7. The highest BCUT2D eigenvalue weighted by molar-refractivity contribution is 6.01. The topological polar surface area (TPSA) is 104 Å². The highest BCUT2D eigenvalue weighted by Crippen LogP contribution is 2.29. The van der Waals surface area contributed by atoms with Crippen LogP contribution in [-0.4, -0.2) is 33.9 Å². The summed E-state index contributed by atoms with van der Waals surface area (Å²) in [5, 5.41) is 11.5. The van der Waals surface area contributed by atoms with Gasteiger partial charge in [0.15, 0.2) is 17.5 Å². The van der Waals surface area contributed by atoms with Crippen LogP contribution in [0.25, 0.3) is 22.0 Å². The number of aromatic nitrogens is 2. The summed E-state index contributed by atoms with van der Waals surface area (Å²) in [4.78, 5) is 17.0. The number of aliphatic hydroxyl groups excluding tert-OH is 1. The van der Waals surface area contributed by atoms with E-state index in [1.54, 1.807) is 17.7 Å². The summed E-state index contributed by atoms with van der Waals surface area (Å²) in [6.07, 6.45) is 4.24. The molecular weight excluding hydrogens is 334 g/mol. The van der Waals surface area contributed by atoms with Crippen molar-refractivity contribution in [1.29, 1.82) is 0 Å². The molecule has 0 bridgehead atoms.